The number of hydrogen-bond donors (Lipinski definition) is 1. The molecule has 0 saturated carbocycles. The van der Waals surface area contributed by atoms with Crippen LogP contribution in [0.5, 0.6) is 5.75 Å². The first-order valence-corrected chi connectivity index (χ1v) is 9.94. The second-order valence-corrected chi connectivity index (χ2v) is 7.70. The summed E-state index contributed by atoms with van der Waals surface area (Å²) >= 11 is 1.11. The van der Waals surface area contributed by atoms with Crippen LogP contribution in [0.25, 0.3) is 0 Å². The molecule has 0 saturated heterocycles. The van der Waals surface area contributed by atoms with E-state index in [2.05, 4.69) is 15.5 Å². The smallest absolute Gasteiger partial charge is 0.284 e. The first-order valence-electron chi connectivity index (χ1n) is 9.13. The van der Waals surface area contributed by atoms with E-state index in [1.54, 1.807) is 23.7 Å². The summed E-state index contributed by atoms with van der Waals surface area (Å²) in [6.07, 6.45) is 1.51. The minimum Gasteiger partial charge on any atom is -0.492 e. The van der Waals surface area contributed by atoms with Gasteiger partial charge in [0.1, 0.15) is 18.7 Å². The summed E-state index contributed by atoms with van der Waals surface area (Å²) in [5.74, 6) is 0.333. The highest BCUT2D eigenvalue weighted by molar-refractivity contribution is 7.99. The second-order valence-electron chi connectivity index (χ2n) is 6.69. The van der Waals surface area contributed by atoms with Gasteiger partial charge in [0.05, 0.1) is 16.4 Å². The van der Waals surface area contributed by atoms with Gasteiger partial charge in [-0.25, -0.2) is 0 Å². The van der Waals surface area contributed by atoms with E-state index in [1.165, 1.54) is 12.4 Å². The van der Waals surface area contributed by atoms with Gasteiger partial charge >= 0.3 is 0 Å². The van der Waals surface area contributed by atoms with Crippen molar-refractivity contribution in [2.24, 2.45) is 7.05 Å². The molecular weight excluding hydrogens is 406 g/mol. The van der Waals surface area contributed by atoms with Crippen molar-refractivity contribution >= 4 is 23.4 Å². The van der Waals surface area contributed by atoms with Crippen LogP contribution in [0.4, 0.5) is 5.69 Å². The molecule has 0 radical (unpaired) electrons. The Labute approximate surface area is 177 Å². The predicted molar refractivity (Wildman–Crippen MR) is 112 cm³/mol. The van der Waals surface area contributed by atoms with Crippen molar-refractivity contribution < 1.29 is 14.5 Å². The van der Waals surface area contributed by atoms with E-state index in [-0.39, 0.29) is 24.4 Å². The van der Waals surface area contributed by atoms with Gasteiger partial charge in [-0.2, -0.15) is 0 Å². The molecule has 0 aliphatic rings. The van der Waals surface area contributed by atoms with Crippen molar-refractivity contribution in [3.63, 3.8) is 0 Å². The van der Waals surface area contributed by atoms with Crippen molar-refractivity contribution in [1.82, 2.24) is 20.1 Å². The summed E-state index contributed by atoms with van der Waals surface area (Å²) in [5, 5.41) is 22.4. The number of nitro benzene ring substituents is 1. The van der Waals surface area contributed by atoms with E-state index < -0.39 is 10.8 Å². The predicted octanol–water partition coefficient (Wildman–Crippen LogP) is 3.30. The van der Waals surface area contributed by atoms with Gasteiger partial charge in [-0.3, -0.25) is 14.9 Å². The Balaban J connectivity index is 1.62. The van der Waals surface area contributed by atoms with E-state index in [0.717, 1.165) is 28.6 Å². The number of amides is 1. The molecule has 0 aliphatic heterocycles. The van der Waals surface area contributed by atoms with Crippen LogP contribution in [-0.2, 0) is 7.05 Å². The quantitative estimate of drug-likeness (QED) is 0.333. The maximum absolute atomic E-state index is 12.4. The number of carbonyl (C=O) groups excluding carboxylic acids is 1. The molecule has 30 heavy (non-hydrogen) atoms. The van der Waals surface area contributed by atoms with Gasteiger partial charge in [-0.1, -0.05) is 6.07 Å². The number of nitrogens with one attached hydrogen (secondary N) is 1. The third-order valence-electron chi connectivity index (χ3n) is 4.14. The third kappa shape index (κ3) is 5.35. The van der Waals surface area contributed by atoms with Crippen LogP contribution in [-0.4, -0.2) is 38.7 Å². The lowest BCUT2D eigenvalue weighted by atomic mass is 10.1. The minimum absolute atomic E-state index is 0.165. The van der Waals surface area contributed by atoms with Crippen LogP contribution in [0, 0.1) is 24.0 Å². The zero-order valence-corrected chi connectivity index (χ0v) is 17.6. The van der Waals surface area contributed by atoms with Crippen LogP contribution in [0.3, 0.4) is 0 Å². The SMILES string of the molecule is Cc1cc(C)cc(OCCNC(=O)c2ccc(Sc3nncn3C)c([N+](=O)[O-])c2)c1. The molecule has 10 heteroatoms. The van der Waals surface area contributed by atoms with E-state index >= 15 is 0 Å². The number of nitro groups is 1. The number of rotatable bonds is 8. The zero-order valence-electron chi connectivity index (χ0n) is 16.8. The van der Waals surface area contributed by atoms with E-state index in [0.29, 0.717) is 10.1 Å². The van der Waals surface area contributed by atoms with Crippen LogP contribution < -0.4 is 10.1 Å². The standard InChI is InChI=1S/C20H21N5O4S/c1-13-8-14(2)10-16(9-13)29-7-6-21-19(26)15-4-5-18(17(11-15)25(27)28)30-20-23-22-12-24(20)3/h4-5,8-12H,6-7H2,1-3H3,(H,21,26). The molecular formula is C20H21N5O4S. The number of aromatic nitrogens is 3. The molecule has 0 spiro atoms. The maximum atomic E-state index is 12.4. The van der Waals surface area contributed by atoms with Crippen LogP contribution >= 0.6 is 11.8 Å². The fraction of sp³-hybridized carbons (Fsp3) is 0.250. The Morgan fingerprint density at radius 2 is 1.97 bits per heavy atom. The monoisotopic (exact) mass is 427 g/mol. The van der Waals surface area contributed by atoms with Gasteiger partial charge in [0, 0.05) is 18.7 Å². The molecule has 1 heterocycles. The Hall–Kier alpha value is -3.40. The van der Waals surface area contributed by atoms with Crippen LogP contribution in [0.15, 0.2) is 52.8 Å². The summed E-state index contributed by atoms with van der Waals surface area (Å²) in [4.78, 5) is 23.7. The summed E-state index contributed by atoms with van der Waals surface area (Å²) in [7, 11) is 1.75. The van der Waals surface area contributed by atoms with Gasteiger partial charge in [0.15, 0.2) is 5.16 Å². The highest BCUT2D eigenvalue weighted by Crippen LogP contribution is 2.34. The van der Waals surface area contributed by atoms with Crippen molar-refractivity contribution in [2.75, 3.05) is 13.2 Å². The van der Waals surface area contributed by atoms with Gasteiger partial charge in [0.25, 0.3) is 11.6 Å². The summed E-state index contributed by atoms with van der Waals surface area (Å²) in [6, 6.07) is 10.2. The molecule has 3 rings (SSSR count). The Morgan fingerprint density at radius 1 is 1.23 bits per heavy atom. The highest BCUT2D eigenvalue weighted by atomic mass is 32.2. The zero-order chi connectivity index (χ0) is 21.7. The molecule has 0 atom stereocenters. The van der Waals surface area contributed by atoms with Gasteiger partial charge in [0.2, 0.25) is 0 Å². The van der Waals surface area contributed by atoms with E-state index in [9.17, 15) is 14.9 Å². The molecule has 0 unspecified atom stereocenters. The number of aryl methyl sites for hydroxylation is 3. The van der Waals surface area contributed by atoms with Crippen LogP contribution in [0.2, 0.25) is 0 Å². The molecule has 1 N–H and O–H groups in total. The summed E-state index contributed by atoms with van der Waals surface area (Å²) < 4.78 is 7.32. The van der Waals surface area contributed by atoms with Crippen molar-refractivity contribution in [2.45, 2.75) is 23.9 Å². The Kier molecular flexibility index (Phi) is 6.68. The maximum Gasteiger partial charge on any atom is 0.284 e. The first kappa shape index (κ1) is 21.3. The fourth-order valence-electron chi connectivity index (χ4n) is 2.80. The van der Waals surface area contributed by atoms with Gasteiger partial charge in [-0.15, -0.1) is 10.2 Å². The molecule has 3 aromatic rings. The van der Waals surface area contributed by atoms with Crippen molar-refractivity contribution in [1.29, 1.82) is 0 Å². The second kappa shape index (κ2) is 9.40. The average Bonchev–Trinajstić information content (AvgIpc) is 3.09. The number of ether oxygens (including phenoxy) is 1. The molecule has 0 fully saturated rings. The molecule has 156 valence electrons. The molecule has 0 aliphatic carbocycles. The molecule has 2 aromatic carbocycles. The lowest BCUT2D eigenvalue weighted by molar-refractivity contribution is -0.387. The Morgan fingerprint density at radius 3 is 2.60 bits per heavy atom. The summed E-state index contributed by atoms with van der Waals surface area (Å²) in [6.45, 7) is 4.54. The highest BCUT2D eigenvalue weighted by Gasteiger charge is 2.20. The van der Waals surface area contributed by atoms with Crippen molar-refractivity contribution in [3.8, 4) is 5.75 Å². The minimum atomic E-state index is -0.515. The van der Waals surface area contributed by atoms with Crippen molar-refractivity contribution in [3.05, 3.63) is 69.5 Å². The molecule has 9 nitrogen and oxygen atoms in total. The number of nitrogens with zero attached hydrogens (tertiary/aromatic N) is 4. The molecule has 0 bridgehead atoms. The lowest BCUT2D eigenvalue weighted by Crippen LogP contribution is -2.28. The van der Waals surface area contributed by atoms with Gasteiger partial charge < -0.3 is 14.6 Å². The molecule has 1 amide bonds. The number of carbonyl (C=O) groups is 1. The van der Waals surface area contributed by atoms with E-state index in [4.69, 9.17) is 4.74 Å². The number of benzene rings is 2. The molecule has 1 aromatic heterocycles. The van der Waals surface area contributed by atoms with Gasteiger partial charge in [-0.05, 0) is 61.0 Å². The topological polar surface area (TPSA) is 112 Å². The normalized spacial score (nSPS) is 10.6. The lowest BCUT2D eigenvalue weighted by Gasteiger charge is -2.10. The fourth-order valence-corrected chi connectivity index (χ4v) is 3.65. The first-order chi connectivity index (χ1) is 14.3. The van der Waals surface area contributed by atoms with Crippen LogP contribution in [0.1, 0.15) is 21.5 Å². The largest absolute Gasteiger partial charge is 0.492 e. The Bertz CT molecular complexity index is 1060. The average molecular weight is 427 g/mol. The van der Waals surface area contributed by atoms with E-state index in [1.807, 2.05) is 32.0 Å². The third-order valence-corrected chi connectivity index (χ3v) is 5.26. The number of hydrogen-bond acceptors (Lipinski definition) is 7. The summed E-state index contributed by atoms with van der Waals surface area (Å²) in [5.41, 5.74) is 2.24.